The SMILES string of the molecule is C=C(Cl)CN1CCN(c2ccccn2)CC1. The van der Waals surface area contributed by atoms with E-state index in [4.69, 9.17) is 11.6 Å². The molecule has 2 rings (SSSR count). The molecule has 86 valence electrons. The van der Waals surface area contributed by atoms with Gasteiger partial charge in [-0.3, -0.25) is 4.90 Å². The van der Waals surface area contributed by atoms with E-state index < -0.39 is 0 Å². The second-order valence-electron chi connectivity index (χ2n) is 3.97. The lowest BCUT2D eigenvalue weighted by atomic mass is 10.3. The highest BCUT2D eigenvalue weighted by Crippen LogP contribution is 2.13. The van der Waals surface area contributed by atoms with E-state index >= 15 is 0 Å². The van der Waals surface area contributed by atoms with E-state index in [0.29, 0.717) is 5.03 Å². The zero-order valence-electron chi connectivity index (χ0n) is 9.27. The Morgan fingerprint density at radius 3 is 2.62 bits per heavy atom. The molecule has 0 amide bonds. The molecule has 0 atom stereocenters. The quantitative estimate of drug-likeness (QED) is 0.801. The van der Waals surface area contributed by atoms with Crippen molar-refractivity contribution in [3.8, 4) is 0 Å². The van der Waals surface area contributed by atoms with Gasteiger partial charge in [-0.1, -0.05) is 24.2 Å². The average Bonchev–Trinajstić information content (AvgIpc) is 2.30. The van der Waals surface area contributed by atoms with Crippen molar-refractivity contribution in [2.75, 3.05) is 37.6 Å². The minimum atomic E-state index is 0.714. The van der Waals surface area contributed by atoms with Gasteiger partial charge < -0.3 is 4.90 Å². The van der Waals surface area contributed by atoms with Crippen molar-refractivity contribution in [1.82, 2.24) is 9.88 Å². The van der Waals surface area contributed by atoms with Gasteiger partial charge >= 0.3 is 0 Å². The summed E-state index contributed by atoms with van der Waals surface area (Å²) >= 11 is 5.80. The van der Waals surface area contributed by atoms with E-state index in [9.17, 15) is 0 Å². The molecule has 1 aromatic heterocycles. The summed E-state index contributed by atoms with van der Waals surface area (Å²) in [4.78, 5) is 8.97. The number of hydrogen-bond acceptors (Lipinski definition) is 3. The molecule has 4 heteroatoms. The average molecular weight is 238 g/mol. The van der Waals surface area contributed by atoms with Gasteiger partial charge in [-0.2, -0.15) is 0 Å². The van der Waals surface area contributed by atoms with Crippen LogP contribution in [0.5, 0.6) is 0 Å². The Morgan fingerprint density at radius 1 is 1.31 bits per heavy atom. The van der Waals surface area contributed by atoms with E-state index in [-0.39, 0.29) is 0 Å². The maximum absolute atomic E-state index is 5.80. The highest BCUT2D eigenvalue weighted by Gasteiger charge is 2.17. The molecule has 0 bridgehead atoms. The zero-order valence-corrected chi connectivity index (χ0v) is 10.0. The number of rotatable bonds is 3. The van der Waals surface area contributed by atoms with Crippen LogP contribution in [0.4, 0.5) is 5.82 Å². The Hall–Kier alpha value is -1.06. The lowest BCUT2D eigenvalue weighted by molar-refractivity contribution is 0.281. The van der Waals surface area contributed by atoms with Crippen LogP contribution in [0.1, 0.15) is 0 Å². The molecule has 1 fully saturated rings. The summed E-state index contributed by atoms with van der Waals surface area (Å²) in [5.74, 6) is 1.06. The van der Waals surface area contributed by atoms with Crippen molar-refractivity contribution in [1.29, 1.82) is 0 Å². The Bertz CT molecular complexity index is 345. The molecule has 1 aliphatic rings. The van der Waals surface area contributed by atoms with Crippen molar-refractivity contribution in [3.05, 3.63) is 36.0 Å². The van der Waals surface area contributed by atoms with Crippen molar-refractivity contribution in [2.24, 2.45) is 0 Å². The van der Waals surface area contributed by atoms with Crippen LogP contribution in [0.3, 0.4) is 0 Å². The number of halogens is 1. The summed E-state index contributed by atoms with van der Waals surface area (Å²) in [6, 6.07) is 6.02. The minimum Gasteiger partial charge on any atom is -0.354 e. The monoisotopic (exact) mass is 237 g/mol. The molecule has 0 unspecified atom stereocenters. The molecule has 1 aliphatic heterocycles. The second kappa shape index (κ2) is 5.32. The molecular formula is C12H16ClN3. The lowest BCUT2D eigenvalue weighted by Crippen LogP contribution is -2.46. The number of piperazine rings is 1. The first-order valence-electron chi connectivity index (χ1n) is 5.47. The van der Waals surface area contributed by atoms with Gasteiger partial charge in [-0.05, 0) is 12.1 Å². The normalized spacial score (nSPS) is 17.4. The van der Waals surface area contributed by atoms with Gasteiger partial charge in [0.1, 0.15) is 5.82 Å². The maximum atomic E-state index is 5.80. The molecule has 1 saturated heterocycles. The lowest BCUT2D eigenvalue weighted by Gasteiger charge is -2.35. The Kier molecular flexibility index (Phi) is 3.80. The molecule has 0 aliphatic carbocycles. The summed E-state index contributed by atoms with van der Waals surface area (Å²) in [6.07, 6.45) is 1.84. The van der Waals surface area contributed by atoms with Crippen molar-refractivity contribution in [3.63, 3.8) is 0 Å². The van der Waals surface area contributed by atoms with Gasteiger partial charge in [0.15, 0.2) is 0 Å². The number of aromatic nitrogens is 1. The summed E-state index contributed by atoms with van der Waals surface area (Å²) in [5.41, 5.74) is 0. The standard InChI is InChI=1S/C12H16ClN3/c1-11(13)10-15-6-8-16(9-7-15)12-4-2-3-5-14-12/h2-5H,1,6-10H2. The van der Waals surface area contributed by atoms with Crippen molar-refractivity contribution in [2.45, 2.75) is 0 Å². The van der Waals surface area contributed by atoms with Gasteiger partial charge in [-0.25, -0.2) is 4.98 Å². The fourth-order valence-electron chi connectivity index (χ4n) is 1.92. The smallest absolute Gasteiger partial charge is 0.128 e. The molecule has 2 heterocycles. The summed E-state index contributed by atoms with van der Waals surface area (Å²) in [7, 11) is 0. The largest absolute Gasteiger partial charge is 0.354 e. The summed E-state index contributed by atoms with van der Waals surface area (Å²) < 4.78 is 0. The molecular weight excluding hydrogens is 222 g/mol. The van der Waals surface area contributed by atoms with Crippen LogP contribution in [-0.2, 0) is 0 Å². The predicted octanol–water partition coefficient (Wildman–Crippen LogP) is 1.96. The molecule has 0 N–H and O–H groups in total. The van der Waals surface area contributed by atoms with E-state index in [2.05, 4.69) is 27.4 Å². The highest BCUT2D eigenvalue weighted by molar-refractivity contribution is 6.29. The Balaban J connectivity index is 1.88. The summed E-state index contributed by atoms with van der Waals surface area (Å²) in [5, 5.41) is 0.714. The van der Waals surface area contributed by atoms with Crippen LogP contribution >= 0.6 is 11.6 Å². The van der Waals surface area contributed by atoms with Crippen molar-refractivity contribution < 1.29 is 0 Å². The summed E-state index contributed by atoms with van der Waals surface area (Å²) in [6.45, 7) is 8.55. The number of nitrogens with zero attached hydrogens (tertiary/aromatic N) is 3. The van der Waals surface area contributed by atoms with Gasteiger partial charge in [0.25, 0.3) is 0 Å². The van der Waals surface area contributed by atoms with Gasteiger partial charge in [-0.15, -0.1) is 0 Å². The molecule has 16 heavy (non-hydrogen) atoms. The number of pyridine rings is 1. The van der Waals surface area contributed by atoms with Gasteiger partial charge in [0.05, 0.1) is 0 Å². The van der Waals surface area contributed by atoms with Crippen LogP contribution in [0.25, 0.3) is 0 Å². The first kappa shape index (κ1) is 11.4. The highest BCUT2D eigenvalue weighted by atomic mass is 35.5. The molecule has 3 nitrogen and oxygen atoms in total. The van der Waals surface area contributed by atoms with Crippen LogP contribution in [-0.4, -0.2) is 42.6 Å². The zero-order chi connectivity index (χ0) is 11.4. The number of anilines is 1. The minimum absolute atomic E-state index is 0.714. The number of hydrogen-bond donors (Lipinski definition) is 0. The third-order valence-electron chi connectivity index (χ3n) is 2.74. The van der Waals surface area contributed by atoms with Crippen LogP contribution in [0, 0.1) is 0 Å². The first-order valence-corrected chi connectivity index (χ1v) is 5.85. The van der Waals surface area contributed by atoms with E-state index in [1.807, 2.05) is 18.3 Å². The molecule has 0 spiro atoms. The van der Waals surface area contributed by atoms with Crippen LogP contribution in [0.15, 0.2) is 36.0 Å². The van der Waals surface area contributed by atoms with Crippen LogP contribution < -0.4 is 4.90 Å². The van der Waals surface area contributed by atoms with Crippen LogP contribution in [0.2, 0.25) is 0 Å². The molecule has 1 aromatic rings. The van der Waals surface area contributed by atoms with E-state index in [1.165, 1.54) is 0 Å². The van der Waals surface area contributed by atoms with E-state index in [1.54, 1.807) is 0 Å². The Morgan fingerprint density at radius 2 is 2.06 bits per heavy atom. The van der Waals surface area contributed by atoms with Crippen molar-refractivity contribution >= 4 is 17.4 Å². The van der Waals surface area contributed by atoms with E-state index in [0.717, 1.165) is 38.5 Å². The van der Waals surface area contributed by atoms with Gasteiger partial charge in [0, 0.05) is 44.0 Å². The molecule has 0 saturated carbocycles. The van der Waals surface area contributed by atoms with Gasteiger partial charge in [0.2, 0.25) is 0 Å². The molecule has 0 radical (unpaired) electrons. The topological polar surface area (TPSA) is 19.4 Å². The third-order valence-corrected chi connectivity index (χ3v) is 2.86. The predicted molar refractivity (Wildman–Crippen MR) is 67.9 cm³/mol. The first-order chi connectivity index (χ1) is 7.75. The fourth-order valence-corrected chi connectivity index (χ4v) is 2.09. The maximum Gasteiger partial charge on any atom is 0.128 e. The Labute approximate surface area is 101 Å². The third kappa shape index (κ3) is 2.97. The fraction of sp³-hybridized carbons (Fsp3) is 0.417. The molecule has 0 aromatic carbocycles. The second-order valence-corrected chi connectivity index (χ2v) is 4.50.